The largest absolute Gasteiger partial charge is 0.479 e. The summed E-state index contributed by atoms with van der Waals surface area (Å²) >= 11 is 0. The SMILES string of the molecule is O=C(O)C(OCCCCn1cc(F)c(=O)[nH]c1=O)P(=O)(O)O. The zero-order valence-corrected chi connectivity index (χ0v) is 12.0. The Morgan fingerprint density at radius 3 is 2.59 bits per heavy atom. The average molecular weight is 340 g/mol. The molecule has 22 heavy (non-hydrogen) atoms. The molecule has 0 aliphatic carbocycles. The van der Waals surface area contributed by atoms with Gasteiger partial charge in [-0.25, -0.2) is 9.59 Å². The standard InChI is InChI=1S/C10H14FN2O8P/c11-6-5-13(10(17)12-7(6)14)3-1-2-4-21-9(8(15)16)22(18,19)20/h5,9H,1-4H2,(H,15,16)(H,12,14,17)(H2,18,19,20). The molecule has 0 radical (unpaired) electrons. The van der Waals surface area contributed by atoms with Crippen LogP contribution in [0.4, 0.5) is 4.39 Å². The number of hydrogen-bond acceptors (Lipinski definition) is 5. The van der Waals surface area contributed by atoms with Gasteiger partial charge in [0, 0.05) is 13.2 Å². The van der Waals surface area contributed by atoms with E-state index in [1.165, 1.54) is 0 Å². The van der Waals surface area contributed by atoms with Gasteiger partial charge in [-0.15, -0.1) is 0 Å². The molecule has 0 aliphatic heterocycles. The van der Waals surface area contributed by atoms with Gasteiger partial charge >= 0.3 is 19.3 Å². The van der Waals surface area contributed by atoms with E-state index < -0.39 is 36.5 Å². The number of carbonyl (C=O) groups is 1. The summed E-state index contributed by atoms with van der Waals surface area (Å²) in [5, 5.41) is 8.60. The van der Waals surface area contributed by atoms with Gasteiger partial charge in [0.1, 0.15) is 0 Å². The summed E-state index contributed by atoms with van der Waals surface area (Å²) in [6, 6.07) is 0. The number of rotatable bonds is 8. The van der Waals surface area contributed by atoms with E-state index in [4.69, 9.17) is 14.9 Å². The zero-order valence-electron chi connectivity index (χ0n) is 11.1. The maximum absolute atomic E-state index is 13.0. The highest BCUT2D eigenvalue weighted by Gasteiger charge is 2.36. The summed E-state index contributed by atoms with van der Waals surface area (Å²) in [6.45, 7) is -0.258. The second-order valence-corrected chi connectivity index (χ2v) is 5.93. The molecule has 1 heterocycles. The molecule has 1 aromatic rings. The van der Waals surface area contributed by atoms with Crippen LogP contribution in [0.25, 0.3) is 0 Å². The molecule has 1 atom stereocenters. The van der Waals surface area contributed by atoms with E-state index in [-0.39, 0.29) is 26.0 Å². The molecule has 1 unspecified atom stereocenters. The topological polar surface area (TPSA) is 159 Å². The second kappa shape index (κ2) is 7.45. The Bertz CT molecular complexity index is 693. The third-order valence-electron chi connectivity index (χ3n) is 2.55. The first kappa shape index (κ1) is 18.2. The summed E-state index contributed by atoms with van der Waals surface area (Å²) in [5.41, 5.74) is -1.93. The Hall–Kier alpha value is -1.81. The van der Waals surface area contributed by atoms with E-state index >= 15 is 0 Å². The third kappa shape index (κ3) is 5.19. The van der Waals surface area contributed by atoms with E-state index in [0.29, 0.717) is 0 Å². The maximum atomic E-state index is 13.0. The Labute approximate surface area is 122 Å². The van der Waals surface area contributed by atoms with Crippen molar-refractivity contribution in [1.29, 1.82) is 0 Å². The minimum absolute atomic E-state index is 0.0174. The fourth-order valence-electron chi connectivity index (χ4n) is 1.54. The molecule has 0 saturated carbocycles. The van der Waals surface area contributed by atoms with Crippen molar-refractivity contribution in [3.05, 3.63) is 32.9 Å². The van der Waals surface area contributed by atoms with Gasteiger partial charge in [0.2, 0.25) is 5.82 Å². The van der Waals surface area contributed by atoms with Gasteiger partial charge in [0.05, 0.1) is 6.20 Å². The average Bonchev–Trinajstić information content (AvgIpc) is 2.37. The number of hydrogen-bond donors (Lipinski definition) is 4. The van der Waals surface area contributed by atoms with Crippen LogP contribution in [0.15, 0.2) is 15.8 Å². The normalized spacial score (nSPS) is 13.0. The Kier molecular flexibility index (Phi) is 6.18. The van der Waals surface area contributed by atoms with Gasteiger partial charge in [-0.05, 0) is 12.8 Å². The van der Waals surface area contributed by atoms with Gasteiger partial charge in [-0.3, -0.25) is 18.9 Å². The quantitative estimate of drug-likeness (QED) is 0.348. The highest BCUT2D eigenvalue weighted by molar-refractivity contribution is 7.53. The number of nitrogens with one attached hydrogen (secondary N) is 1. The van der Waals surface area contributed by atoms with E-state index in [9.17, 15) is 23.3 Å². The summed E-state index contributed by atoms with van der Waals surface area (Å²) in [7, 11) is -4.92. The lowest BCUT2D eigenvalue weighted by Gasteiger charge is -2.14. The number of aromatic nitrogens is 2. The Morgan fingerprint density at radius 1 is 1.41 bits per heavy atom. The number of nitrogens with zero attached hydrogens (tertiary/aromatic N) is 1. The van der Waals surface area contributed by atoms with E-state index in [1.807, 2.05) is 0 Å². The van der Waals surface area contributed by atoms with Crippen molar-refractivity contribution >= 4 is 13.6 Å². The molecule has 0 saturated heterocycles. The van der Waals surface area contributed by atoms with Crippen LogP contribution in [0, 0.1) is 5.82 Å². The van der Waals surface area contributed by atoms with Crippen molar-refractivity contribution in [2.24, 2.45) is 0 Å². The molecule has 1 aromatic heterocycles. The number of aliphatic carboxylic acids is 1. The molecule has 0 aromatic carbocycles. The van der Waals surface area contributed by atoms with Crippen LogP contribution in [-0.4, -0.2) is 42.9 Å². The fourth-order valence-corrected chi connectivity index (χ4v) is 2.13. The number of aromatic amines is 1. The fraction of sp³-hybridized carbons (Fsp3) is 0.500. The first-order chi connectivity index (χ1) is 10.1. The number of aryl methyl sites for hydroxylation is 1. The monoisotopic (exact) mass is 340 g/mol. The van der Waals surface area contributed by atoms with E-state index in [0.717, 1.165) is 10.8 Å². The highest BCUT2D eigenvalue weighted by atomic mass is 31.2. The van der Waals surface area contributed by atoms with Crippen molar-refractivity contribution in [3.8, 4) is 0 Å². The number of carboxylic acid groups (broad SMARTS) is 1. The second-order valence-electron chi connectivity index (χ2n) is 4.29. The Balaban J connectivity index is 2.48. The predicted molar refractivity (Wildman–Crippen MR) is 69.9 cm³/mol. The van der Waals surface area contributed by atoms with Crippen LogP contribution in [0.1, 0.15) is 12.8 Å². The molecule has 0 spiro atoms. The zero-order chi connectivity index (χ0) is 16.9. The van der Waals surface area contributed by atoms with Crippen molar-refractivity contribution in [1.82, 2.24) is 9.55 Å². The smallest absolute Gasteiger partial charge is 0.365 e. The minimum Gasteiger partial charge on any atom is -0.479 e. The van der Waals surface area contributed by atoms with E-state index in [2.05, 4.69) is 4.74 Å². The van der Waals surface area contributed by atoms with Crippen molar-refractivity contribution < 1.29 is 33.4 Å². The van der Waals surface area contributed by atoms with Crippen LogP contribution >= 0.6 is 7.60 Å². The van der Waals surface area contributed by atoms with E-state index in [1.54, 1.807) is 4.98 Å². The Morgan fingerprint density at radius 2 is 2.05 bits per heavy atom. The van der Waals surface area contributed by atoms with Crippen LogP contribution in [0.2, 0.25) is 0 Å². The van der Waals surface area contributed by atoms with Gasteiger partial charge in [-0.2, -0.15) is 4.39 Å². The molecular formula is C10H14FN2O8P. The summed E-state index contributed by atoms with van der Waals surface area (Å²) in [6.07, 6.45) is 1.13. The number of ether oxygens (including phenoxy) is 1. The highest BCUT2D eigenvalue weighted by Crippen LogP contribution is 2.41. The molecule has 0 bridgehead atoms. The molecule has 4 N–H and O–H groups in total. The lowest BCUT2D eigenvalue weighted by molar-refractivity contribution is -0.145. The summed E-state index contributed by atoms with van der Waals surface area (Å²) < 4.78 is 29.3. The van der Waals surface area contributed by atoms with Gasteiger partial charge in [0.25, 0.3) is 11.4 Å². The number of halogens is 1. The number of H-pyrrole nitrogens is 1. The predicted octanol–water partition coefficient (Wildman–Crippen LogP) is -0.939. The molecular weight excluding hydrogens is 326 g/mol. The molecule has 12 heteroatoms. The van der Waals surface area contributed by atoms with Crippen molar-refractivity contribution in [2.75, 3.05) is 6.61 Å². The minimum atomic E-state index is -4.92. The number of unbranched alkanes of at least 4 members (excludes halogenated alkanes) is 1. The summed E-state index contributed by atoms with van der Waals surface area (Å²) in [4.78, 5) is 52.0. The van der Waals surface area contributed by atoms with Crippen molar-refractivity contribution in [2.45, 2.75) is 25.2 Å². The van der Waals surface area contributed by atoms with Crippen LogP contribution < -0.4 is 11.2 Å². The maximum Gasteiger partial charge on any atom is 0.365 e. The van der Waals surface area contributed by atoms with Crippen LogP contribution in [0.3, 0.4) is 0 Å². The van der Waals surface area contributed by atoms with Gasteiger partial charge in [0.15, 0.2) is 0 Å². The molecule has 0 amide bonds. The van der Waals surface area contributed by atoms with Crippen molar-refractivity contribution in [3.63, 3.8) is 0 Å². The molecule has 0 aliphatic rings. The first-order valence-electron chi connectivity index (χ1n) is 6.02. The third-order valence-corrected chi connectivity index (χ3v) is 3.53. The van der Waals surface area contributed by atoms with Gasteiger partial charge in [-0.1, -0.05) is 0 Å². The number of carboxylic acids is 1. The molecule has 10 nitrogen and oxygen atoms in total. The summed E-state index contributed by atoms with van der Waals surface area (Å²) in [5.74, 6) is -5.16. The van der Waals surface area contributed by atoms with Crippen LogP contribution in [-0.2, 0) is 20.6 Å². The lowest BCUT2D eigenvalue weighted by Crippen LogP contribution is -2.31. The lowest BCUT2D eigenvalue weighted by atomic mass is 10.3. The molecule has 0 fully saturated rings. The first-order valence-corrected chi connectivity index (χ1v) is 7.70. The molecule has 124 valence electrons. The van der Waals surface area contributed by atoms with Crippen LogP contribution in [0.5, 0.6) is 0 Å². The molecule has 1 rings (SSSR count). The van der Waals surface area contributed by atoms with Gasteiger partial charge < -0.3 is 19.6 Å².